The van der Waals surface area contributed by atoms with Crippen molar-refractivity contribution < 1.29 is 28.8 Å². The van der Waals surface area contributed by atoms with Crippen LogP contribution in [0.5, 0.6) is 28.7 Å². The summed E-state index contributed by atoms with van der Waals surface area (Å²) in [6.07, 6.45) is 4.19. The topological polar surface area (TPSA) is 69.6 Å². The van der Waals surface area contributed by atoms with Gasteiger partial charge in [-0.2, -0.15) is 0 Å². The Morgan fingerprint density at radius 2 is 1.55 bits per heavy atom. The van der Waals surface area contributed by atoms with Crippen molar-refractivity contribution in [2.24, 2.45) is 0 Å². The van der Waals surface area contributed by atoms with Gasteiger partial charge in [-0.05, 0) is 67.7 Å². The molecule has 7 nitrogen and oxygen atoms in total. The van der Waals surface area contributed by atoms with Crippen molar-refractivity contribution in [3.8, 4) is 28.7 Å². The van der Waals surface area contributed by atoms with E-state index in [1.165, 1.54) is 19.3 Å². The molecule has 7 heteroatoms. The maximum absolute atomic E-state index is 12.1. The van der Waals surface area contributed by atoms with Crippen LogP contribution >= 0.6 is 0 Å². The molecule has 2 aromatic rings. The average molecular weight is 430 g/mol. The van der Waals surface area contributed by atoms with Gasteiger partial charge in [0.25, 0.3) is 0 Å². The van der Waals surface area contributed by atoms with Gasteiger partial charge in [-0.15, -0.1) is 0 Å². The molecule has 2 aromatic carbocycles. The van der Waals surface area contributed by atoms with Gasteiger partial charge >= 0.3 is 0 Å². The Hall–Kier alpha value is -2.64. The van der Waals surface area contributed by atoms with Gasteiger partial charge < -0.3 is 33.7 Å². The van der Waals surface area contributed by atoms with E-state index in [0.29, 0.717) is 40.7 Å². The number of ether oxygens (including phenoxy) is 5. The van der Waals surface area contributed by atoms with E-state index < -0.39 is 5.60 Å². The lowest BCUT2D eigenvalue weighted by atomic mass is 9.82. The fraction of sp³-hybridized carbons (Fsp3) is 0.500. The fourth-order valence-electron chi connectivity index (χ4n) is 4.43. The minimum Gasteiger partial charge on any atom is -0.493 e. The summed E-state index contributed by atoms with van der Waals surface area (Å²) < 4.78 is 27.6. The maximum atomic E-state index is 12.1. The average Bonchev–Trinajstić information content (AvgIpc) is 3.30. The lowest BCUT2D eigenvalue weighted by Crippen LogP contribution is -2.37. The van der Waals surface area contributed by atoms with Gasteiger partial charge in [0.2, 0.25) is 12.5 Å². The first-order chi connectivity index (χ1) is 15.1. The molecule has 0 aliphatic carbocycles. The van der Waals surface area contributed by atoms with Crippen LogP contribution in [0.15, 0.2) is 30.3 Å². The molecule has 2 heterocycles. The zero-order valence-electron chi connectivity index (χ0n) is 18.5. The largest absolute Gasteiger partial charge is 0.493 e. The van der Waals surface area contributed by atoms with E-state index in [4.69, 9.17) is 23.7 Å². The van der Waals surface area contributed by atoms with Crippen LogP contribution in [0.1, 0.15) is 36.8 Å². The highest BCUT2D eigenvalue weighted by Gasteiger charge is 2.35. The van der Waals surface area contributed by atoms with Crippen LogP contribution in [-0.2, 0) is 5.60 Å². The predicted octanol–water partition coefficient (Wildman–Crippen LogP) is 3.55. The lowest BCUT2D eigenvalue weighted by molar-refractivity contribution is 0.0539. The van der Waals surface area contributed by atoms with Gasteiger partial charge in [0.15, 0.2) is 23.0 Å². The van der Waals surface area contributed by atoms with Crippen molar-refractivity contribution in [1.29, 1.82) is 0 Å². The second kappa shape index (κ2) is 9.24. The standard InChI is InChI=1S/C24H31NO6/c1-27-21-14-18(15-22(28-2)23(21)29-3)24(26,9-12-25-10-5-4-6-11-25)17-7-8-19-20(13-17)31-16-30-19/h7-8,13-15,26H,4-6,9-12,16H2,1-3H3/t24-/m0/s1. The van der Waals surface area contributed by atoms with Crippen molar-refractivity contribution in [2.45, 2.75) is 31.3 Å². The Bertz CT molecular complexity index is 886. The molecule has 31 heavy (non-hydrogen) atoms. The zero-order chi connectivity index (χ0) is 21.8. The highest BCUT2D eigenvalue weighted by Crippen LogP contribution is 2.45. The highest BCUT2D eigenvalue weighted by atomic mass is 16.7. The van der Waals surface area contributed by atoms with Gasteiger partial charge in [-0.1, -0.05) is 12.5 Å². The smallest absolute Gasteiger partial charge is 0.231 e. The minimum absolute atomic E-state index is 0.190. The number of hydrogen-bond donors (Lipinski definition) is 1. The number of piperidine rings is 1. The molecule has 168 valence electrons. The molecular weight excluding hydrogens is 398 g/mol. The number of likely N-dealkylation sites (tertiary alicyclic amines) is 1. The summed E-state index contributed by atoms with van der Waals surface area (Å²) in [4.78, 5) is 2.42. The molecule has 0 bridgehead atoms. The van der Waals surface area contributed by atoms with Gasteiger partial charge in [0, 0.05) is 6.54 Å². The van der Waals surface area contributed by atoms with E-state index in [2.05, 4.69) is 4.90 Å². The monoisotopic (exact) mass is 429 g/mol. The van der Waals surface area contributed by atoms with Crippen molar-refractivity contribution in [3.63, 3.8) is 0 Å². The zero-order valence-corrected chi connectivity index (χ0v) is 18.5. The summed E-state index contributed by atoms with van der Waals surface area (Å²) in [5, 5.41) is 12.1. The third-order valence-electron chi connectivity index (χ3n) is 6.23. The molecule has 0 aromatic heterocycles. The Balaban J connectivity index is 1.76. The molecule has 2 aliphatic heterocycles. The molecule has 0 amide bonds. The number of methoxy groups -OCH3 is 3. The third kappa shape index (κ3) is 4.25. The molecule has 2 aliphatic rings. The van der Waals surface area contributed by atoms with Crippen LogP contribution < -0.4 is 23.7 Å². The van der Waals surface area contributed by atoms with E-state index in [1.54, 1.807) is 21.3 Å². The summed E-state index contributed by atoms with van der Waals surface area (Å²) >= 11 is 0. The molecule has 1 saturated heterocycles. The summed E-state index contributed by atoms with van der Waals surface area (Å²) in [5.74, 6) is 2.84. The molecule has 1 N–H and O–H groups in total. The fourth-order valence-corrected chi connectivity index (χ4v) is 4.43. The summed E-state index contributed by atoms with van der Waals surface area (Å²) in [6.45, 7) is 3.09. The van der Waals surface area contributed by atoms with Crippen molar-refractivity contribution in [2.75, 3.05) is 47.8 Å². The number of fused-ring (bicyclic) bond motifs is 1. The van der Waals surface area contributed by atoms with Crippen LogP contribution in [0.3, 0.4) is 0 Å². The Morgan fingerprint density at radius 3 is 2.19 bits per heavy atom. The van der Waals surface area contributed by atoms with Gasteiger partial charge in [-0.3, -0.25) is 0 Å². The van der Waals surface area contributed by atoms with Crippen molar-refractivity contribution >= 4 is 0 Å². The van der Waals surface area contributed by atoms with Crippen LogP contribution in [0.2, 0.25) is 0 Å². The van der Waals surface area contributed by atoms with E-state index in [1.807, 2.05) is 30.3 Å². The first-order valence-electron chi connectivity index (χ1n) is 10.7. The number of rotatable bonds is 8. The normalized spacial score (nSPS) is 17.8. The molecule has 0 radical (unpaired) electrons. The quantitative estimate of drug-likeness (QED) is 0.688. The third-order valence-corrected chi connectivity index (χ3v) is 6.23. The van der Waals surface area contributed by atoms with E-state index in [9.17, 15) is 5.11 Å². The van der Waals surface area contributed by atoms with Gasteiger partial charge in [0.1, 0.15) is 5.60 Å². The Labute approximate surface area is 183 Å². The van der Waals surface area contributed by atoms with E-state index >= 15 is 0 Å². The Morgan fingerprint density at radius 1 is 0.871 bits per heavy atom. The van der Waals surface area contributed by atoms with Crippen LogP contribution in [0, 0.1) is 0 Å². The molecule has 1 fully saturated rings. The molecular formula is C24H31NO6. The first-order valence-corrected chi connectivity index (χ1v) is 10.7. The van der Waals surface area contributed by atoms with Crippen molar-refractivity contribution in [3.05, 3.63) is 41.5 Å². The SMILES string of the molecule is COc1cc([C@](O)(CCN2CCCCC2)c2ccc3c(c2)OCO3)cc(OC)c1OC. The summed E-state index contributed by atoms with van der Waals surface area (Å²) in [7, 11) is 4.73. The van der Waals surface area contributed by atoms with E-state index in [-0.39, 0.29) is 6.79 Å². The van der Waals surface area contributed by atoms with Gasteiger partial charge in [-0.25, -0.2) is 0 Å². The molecule has 0 spiro atoms. The number of aliphatic hydroxyl groups is 1. The van der Waals surface area contributed by atoms with Gasteiger partial charge in [0.05, 0.1) is 21.3 Å². The first kappa shape index (κ1) is 21.6. The van der Waals surface area contributed by atoms with Crippen LogP contribution in [0.25, 0.3) is 0 Å². The summed E-state index contributed by atoms with van der Waals surface area (Å²) in [5.41, 5.74) is 0.145. The predicted molar refractivity (Wildman–Crippen MR) is 117 cm³/mol. The highest BCUT2D eigenvalue weighted by molar-refractivity contribution is 5.57. The molecule has 1 atom stereocenters. The minimum atomic E-state index is -1.27. The second-order valence-corrected chi connectivity index (χ2v) is 7.99. The lowest BCUT2D eigenvalue weighted by Gasteiger charge is -2.34. The molecule has 4 rings (SSSR count). The molecule has 0 unspecified atom stereocenters. The van der Waals surface area contributed by atoms with Crippen LogP contribution in [0.4, 0.5) is 0 Å². The van der Waals surface area contributed by atoms with Crippen molar-refractivity contribution in [1.82, 2.24) is 4.90 Å². The Kier molecular flexibility index (Phi) is 6.43. The number of benzene rings is 2. The molecule has 0 saturated carbocycles. The summed E-state index contributed by atoms with van der Waals surface area (Å²) in [6, 6.07) is 9.25. The maximum Gasteiger partial charge on any atom is 0.231 e. The van der Waals surface area contributed by atoms with E-state index in [0.717, 1.165) is 25.2 Å². The van der Waals surface area contributed by atoms with Crippen LogP contribution in [-0.4, -0.2) is 57.8 Å². The second-order valence-electron chi connectivity index (χ2n) is 7.99. The number of nitrogens with zero attached hydrogens (tertiary/aromatic N) is 1. The number of hydrogen-bond acceptors (Lipinski definition) is 7.